The van der Waals surface area contributed by atoms with Gasteiger partial charge in [0.1, 0.15) is 0 Å². The quantitative estimate of drug-likeness (QED) is 0.299. The predicted octanol–water partition coefficient (Wildman–Crippen LogP) is 5.40. The van der Waals surface area contributed by atoms with E-state index >= 15 is 0 Å². The van der Waals surface area contributed by atoms with Gasteiger partial charge in [0.15, 0.2) is 0 Å². The Hall–Kier alpha value is 0.439. The minimum absolute atomic E-state index is 0.203. The number of unbranched alkanes of at least 4 members (excludes halogenated alkanes) is 2. The van der Waals surface area contributed by atoms with Crippen LogP contribution in [0.5, 0.6) is 0 Å². The Morgan fingerprint density at radius 2 is 1.16 bits per heavy atom. The van der Waals surface area contributed by atoms with Crippen molar-refractivity contribution in [2.75, 3.05) is 11.5 Å². The average molecular weight is 499 g/mol. The van der Waals surface area contributed by atoms with Crippen LogP contribution in [0.15, 0.2) is 0 Å². The molecule has 0 atom stereocenters. The zero-order valence-electron chi connectivity index (χ0n) is 16.8. The van der Waals surface area contributed by atoms with Crippen molar-refractivity contribution in [2.45, 2.75) is 86.6 Å². The first kappa shape index (κ1) is 25.4. The molecule has 0 radical (unpaired) electrons. The Morgan fingerprint density at radius 3 is 1.44 bits per heavy atom. The second-order valence-electron chi connectivity index (χ2n) is 6.79. The SMILES string of the molecule is CCC[CH2][Sn]([CH2]CCC)([O]C(=O)CSC(C)C)[O]C(=O)CSC(C)C. The van der Waals surface area contributed by atoms with Gasteiger partial charge >= 0.3 is 169 Å². The van der Waals surface area contributed by atoms with Crippen molar-refractivity contribution in [3.05, 3.63) is 0 Å². The molecule has 0 aliphatic carbocycles. The van der Waals surface area contributed by atoms with Gasteiger partial charge in [0.25, 0.3) is 0 Å². The van der Waals surface area contributed by atoms with E-state index in [0.717, 1.165) is 34.6 Å². The van der Waals surface area contributed by atoms with Gasteiger partial charge in [0.05, 0.1) is 0 Å². The van der Waals surface area contributed by atoms with Crippen LogP contribution < -0.4 is 0 Å². The molecule has 7 heteroatoms. The van der Waals surface area contributed by atoms with E-state index in [2.05, 4.69) is 41.5 Å². The first-order valence-corrected chi connectivity index (χ1v) is 17.9. The van der Waals surface area contributed by atoms with Crippen LogP contribution in [0.1, 0.15) is 67.2 Å². The van der Waals surface area contributed by atoms with Gasteiger partial charge in [-0.25, -0.2) is 0 Å². The molecule has 0 rings (SSSR count). The summed E-state index contributed by atoms with van der Waals surface area (Å²) in [7, 11) is 0. The fraction of sp³-hybridized carbons (Fsp3) is 0.889. The van der Waals surface area contributed by atoms with Gasteiger partial charge in [-0.2, -0.15) is 0 Å². The molecule has 0 aromatic heterocycles. The molecule has 148 valence electrons. The maximum atomic E-state index is 12.3. The van der Waals surface area contributed by atoms with Gasteiger partial charge in [-0.05, 0) is 0 Å². The third kappa shape index (κ3) is 13.3. The Balaban J connectivity index is 5.05. The number of hydrogen-bond donors (Lipinski definition) is 0. The molecule has 0 bridgehead atoms. The molecule has 0 aromatic rings. The molecule has 0 fully saturated rings. The summed E-state index contributed by atoms with van der Waals surface area (Å²) in [6.07, 6.45) is 3.94. The molecule has 0 unspecified atom stereocenters. The minimum atomic E-state index is -3.72. The van der Waals surface area contributed by atoms with Crippen molar-refractivity contribution in [1.29, 1.82) is 0 Å². The molecular formula is C18H36O4S2Sn. The number of hydrogen-bond acceptors (Lipinski definition) is 6. The van der Waals surface area contributed by atoms with E-state index in [-0.39, 0.29) is 11.9 Å². The summed E-state index contributed by atoms with van der Waals surface area (Å²) in [5.41, 5.74) is 0. The number of carbonyl (C=O) groups excluding carboxylic acids is 2. The van der Waals surface area contributed by atoms with E-state index in [9.17, 15) is 9.59 Å². The first-order valence-electron chi connectivity index (χ1n) is 9.41. The maximum absolute atomic E-state index is 12.3. The van der Waals surface area contributed by atoms with Crippen molar-refractivity contribution < 1.29 is 15.7 Å². The predicted molar refractivity (Wildman–Crippen MR) is 113 cm³/mol. The first-order chi connectivity index (χ1) is 11.7. The van der Waals surface area contributed by atoms with Crippen molar-refractivity contribution in [3.63, 3.8) is 0 Å². The van der Waals surface area contributed by atoms with E-state index in [1.54, 1.807) is 23.5 Å². The average Bonchev–Trinajstić information content (AvgIpc) is 2.54. The zero-order valence-corrected chi connectivity index (χ0v) is 21.2. The van der Waals surface area contributed by atoms with Crippen LogP contribution in [0.2, 0.25) is 8.87 Å². The van der Waals surface area contributed by atoms with E-state index in [1.807, 2.05) is 0 Å². The van der Waals surface area contributed by atoms with Gasteiger partial charge in [-0.3, -0.25) is 0 Å². The molecule has 25 heavy (non-hydrogen) atoms. The van der Waals surface area contributed by atoms with E-state index in [1.165, 1.54) is 0 Å². The Kier molecular flexibility index (Phi) is 14.7. The fourth-order valence-corrected chi connectivity index (χ4v) is 13.7. The Bertz CT molecular complexity index is 353. The number of thioether (sulfide) groups is 2. The van der Waals surface area contributed by atoms with E-state index in [0.29, 0.717) is 22.0 Å². The third-order valence-corrected chi connectivity index (χ3v) is 15.4. The molecular weight excluding hydrogens is 463 g/mol. The summed E-state index contributed by atoms with van der Waals surface area (Å²) in [5.74, 6) is 0.275. The molecule has 0 aliphatic heterocycles. The summed E-state index contributed by atoms with van der Waals surface area (Å²) in [4.78, 5) is 24.7. The topological polar surface area (TPSA) is 52.6 Å². The van der Waals surface area contributed by atoms with Gasteiger partial charge in [0, 0.05) is 0 Å². The summed E-state index contributed by atoms with van der Waals surface area (Å²) >= 11 is -0.569. The summed E-state index contributed by atoms with van der Waals surface area (Å²) in [6.45, 7) is 12.5. The monoisotopic (exact) mass is 500 g/mol. The van der Waals surface area contributed by atoms with Gasteiger partial charge in [-0.15, -0.1) is 0 Å². The second kappa shape index (κ2) is 14.5. The normalized spacial score (nSPS) is 11.8. The molecule has 0 spiro atoms. The molecule has 0 saturated carbocycles. The van der Waals surface area contributed by atoms with Crippen LogP contribution in [0.25, 0.3) is 0 Å². The molecule has 0 heterocycles. The van der Waals surface area contributed by atoms with Gasteiger partial charge < -0.3 is 0 Å². The van der Waals surface area contributed by atoms with E-state index < -0.39 is 19.2 Å². The Morgan fingerprint density at radius 1 is 0.800 bits per heavy atom. The summed E-state index contributed by atoms with van der Waals surface area (Å²) < 4.78 is 13.5. The zero-order chi connectivity index (χ0) is 19.3. The molecule has 4 nitrogen and oxygen atoms in total. The molecule has 0 aromatic carbocycles. The molecule has 0 saturated heterocycles. The van der Waals surface area contributed by atoms with Crippen molar-refractivity contribution in [2.24, 2.45) is 0 Å². The molecule has 0 N–H and O–H groups in total. The number of rotatable bonds is 14. The standard InChI is InChI=1S/2C5H10O2S.2C4H9.Sn/c2*1-4(2)8-3-5(6)7;2*1-3-4-2;/h2*4H,3H2,1-2H3,(H,6,7);2*1,3-4H2,2H3;/q;;;;+2/p-2. The van der Waals surface area contributed by atoms with E-state index in [4.69, 9.17) is 6.15 Å². The van der Waals surface area contributed by atoms with Crippen LogP contribution in [0.3, 0.4) is 0 Å². The summed E-state index contributed by atoms with van der Waals surface area (Å²) in [5, 5.41) is 0.766. The van der Waals surface area contributed by atoms with Crippen LogP contribution in [-0.4, -0.2) is 53.1 Å². The Labute approximate surface area is 167 Å². The van der Waals surface area contributed by atoms with Crippen molar-refractivity contribution in [1.82, 2.24) is 0 Å². The van der Waals surface area contributed by atoms with Crippen LogP contribution >= 0.6 is 23.5 Å². The fourth-order valence-electron chi connectivity index (χ4n) is 2.19. The molecule has 0 aliphatic rings. The van der Waals surface area contributed by atoms with Crippen LogP contribution in [0, 0.1) is 0 Å². The number of carbonyl (C=O) groups is 2. The van der Waals surface area contributed by atoms with Gasteiger partial charge in [-0.1, -0.05) is 0 Å². The van der Waals surface area contributed by atoms with Crippen LogP contribution in [0.4, 0.5) is 0 Å². The third-order valence-electron chi connectivity index (χ3n) is 3.49. The van der Waals surface area contributed by atoms with Crippen molar-refractivity contribution in [3.8, 4) is 0 Å². The molecule has 0 amide bonds. The van der Waals surface area contributed by atoms with Crippen LogP contribution in [-0.2, 0) is 15.7 Å². The second-order valence-corrected chi connectivity index (χ2v) is 19.1. The summed E-state index contributed by atoms with van der Waals surface area (Å²) in [6, 6.07) is 0. The van der Waals surface area contributed by atoms with Gasteiger partial charge in [0.2, 0.25) is 0 Å². The van der Waals surface area contributed by atoms with Crippen molar-refractivity contribution >= 4 is 54.7 Å².